The van der Waals surface area contributed by atoms with Crippen LogP contribution in [0.2, 0.25) is 5.02 Å². The second-order valence-corrected chi connectivity index (χ2v) is 7.16. The van der Waals surface area contributed by atoms with E-state index in [0.29, 0.717) is 28.5 Å². The van der Waals surface area contributed by atoms with Gasteiger partial charge >= 0.3 is 6.03 Å². The van der Waals surface area contributed by atoms with Crippen LogP contribution in [0, 0.1) is 11.3 Å². The number of urea groups is 1. The first-order valence-corrected chi connectivity index (χ1v) is 8.54. The van der Waals surface area contributed by atoms with E-state index in [0.717, 1.165) is 25.9 Å². The molecule has 6 heteroatoms. The molecule has 3 unspecified atom stereocenters. The van der Waals surface area contributed by atoms with Gasteiger partial charge in [-0.15, -0.1) is 0 Å². The molecule has 3 fully saturated rings. The summed E-state index contributed by atoms with van der Waals surface area (Å²) < 4.78 is 11.0. The van der Waals surface area contributed by atoms with Gasteiger partial charge in [-0.2, -0.15) is 0 Å². The number of ether oxygens (including phenoxy) is 2. The molecule has 1 saturated heterocycles. The molecule has 0 bridgehead atoms. The highest BCUT2D eigenvalue weighted by Crippen LogP contribution is 2.62. The molecule has 3 atom stereocenters. The number of carbonyl (C=O) groups is 1. The Bertz CT molecular complexity index is 632. The van der Waals surface area contributed by atoms with Crippen LogP contribution in [0.25, 0.3) is 0 Å². The zero-order valence-electron chi connectivity index (χ0n) is 13.1. The molecular weight excluding hydrogens is 316 g/mol. The number of halogens is 1. The van der Waals surface area contributed by atoms with E-state index in [4.69, 9.17) is 21.1 Å². The lowest BCUT2D eigenvalue weighted by Gasteiger charge is -2.63. The predicted octanol–water partition coefficient (Wildman–Crippen LogP) is 3.43. The molecule has 2 saturated carbocycles. The minimum atomic E-state index is -0.196. The maximum absolute atomic E-state index is 12.4. The molecule has 124 valence electrons. The van der Waals surface area contributed by atoms with E-state index >= 15 is 0 Å². The number of methoxy groups -OCH3 is 1. The number of nitrogens with one attached hydrogen (secondary N) is 2. The van der Waals surface area contributed by atoms with Crippen molar-refractivity contribution in [2.24, 2.45) is 11.3 Å². The SMILES string of the molecule is COc1ccc(NC(=O)NC2C3CCOC3C23CCC3)c(Cl)c1. The third kappa shape index (κ3) is 2.29. The molecule has 23 heavy (non-hydrogen) atoms. The highest BCUT2D eigenvalue weighted by atomic mass is 35.5. The molecule has 1 heterocycles. The van der Waals surface area contributed by atoms with Crippen molar-refractivity contribution in [1.29, 1.82) is 0 Å². The van der Waals surface area contributed by atoms with E-state index in [-0.39, 0.29) is 17.5 Å². The number of hydrogen-bond donors (Lipinski definition) is 2. The lowest BCUT2D eigenvalue weighted by molar-refractivity contribution is -0.171. The number of benzene rings is 1. The Morgan fingerprint density at radius 1 is 1.43 bits per heavy atom. The minimum Gasteiger partial charge on any atom is -0.497 e. The Hall–Kier alpha value is -1.46. The fourth-order valence-electron chi connectivity index (χ4n) is 4.48. The van der Waals surface area contributed by atoms with Crippen molar-refractivity contribution < 1.29 is 14.3 Å². The molecule has 2 amide bonds. The van der Waals surface area contributed by atoms with Gasteiger partial charge in [0.2, 0.25) is 0 Å². The van der Waals surface area contributed by atoms with E-state index in [2.05, 4.69) is 10.6 Å². The first kappa shape index (κ1) is 15.1. The maximum atomic E-state index is 12.4. The number of hydrogen-bond acceptors (Lipinski definition) is 3. The molecule has 2 N–H and O–H groups in total. The Kier molecular flexibility index (Phi) is 3.65. The van der Waals surface area contributed by atoms with Gasteiger partial charge in [0.15, 0.2) is 0 Å². The van der Waals surface area contributed by atoms with Crippen LogP contribution in [0.5, 0.6) is 5.75 Å². The lowest BCUT2D eigenvalue weighted by atomic mass is 9.46. The van der Waals surface area contributed by atoms with Crippen molar-refractivity contribution in [1.82, 2.24) is 5.32 Å². The van der Waals surface area contributed by atoms with Gasteiger partial charge in [0.05, 0.1) is 23.9 Å². The summed E-state index contributed by atoms with van der Waals surface area (Å²) in [6.07, 6.45) is 4.94. The summed E-state index contributed by atoms with van der Waals surface area (Å²) in [4.78, 5) is 12.4. The van der Waals surface area contributed by atoms with Gasteiger partial charge < -0.3 is 20.1 Å². The molecule has 5 nitrogen and oxygen atoms in total. The van der Waals surface area contributed by atoms with Crippen LogP contribution < -0.4 is 15.4 Å². The van der Waals surface area contributed by atoms with E-state index in [1.165, 1.54) is 6.42 Å². The van der Waals surface area contributed by atoms with Crippen molar-refractivity contribution in [3.63, 3.8) is 0 Å². The monoisotopic (exact) mass is 336 g/mol. The average molecular weight is 337 g/mol. The Morgan fingerprint density at radius 2 is 2.26 bits per heavy atom. The summed E-state index contributed by atoms with van der Waals surface area (Å²) in [6, 6.07) is 5.25. The third-order valence-corrected chi connectivity index (χ3v) is 6.06. The van der Waals surface area contributed by atoms with Crippen molar-refractivity contribution >= 4 is 23.3 Å². The largest absolute Gasteiger partial charge is 0.497 e. The molecule has 0 aromatic heterocycles. The molecular formula is C17H21ClN2O3. The average Bonchev–Trinajstić information content (AvgIpc) is 2.90. The Morgan fingerprint density at radius 3 is 2.91 bits per heavy atom. The van der Waals surface area contributed by atoms with Crippen LogP contribution in [0.1, 0.15) is 25.7 Å². The second-order valence-electron chi connectivity index (χ2n) is 6.75. The number of fused-ring (bicyclic) bond motifs is 2. The number of anilines is 1. The van der Waals surface area contributed by atoms with Gasteiger partial charge in [-0.05, 0) is 31.4 Å². The molecule has 1 spiro atoms. The van der Waals surface area contributed by atoms with Crippen molar-refractivity contribution in [2.75, 3.05) is 19.0 Å². The highest BCUT2D eigenvalue weighted by Gasteiger charge is 2.66. The van der Waals surface area contributed by atoms with Crippen LogP contribution >= 0.6 is 11.6 Å². The highest BCUT2D eigenvalue weighted by molar-refractivity contribution is 6.33. The summed E-state index contributed by atoms with van der Waals surface area (Å²) >= 11 is 6.18. The zero-order valence-corrected chi connectivity index (χ0v) is 13.9. The van der Waals surface area contributed by atoms with Crippen LogP contribution in [-0.2, 0) is 4.74 Å². The number of rotatable bonds is 3. The first-order valence-electron chi connectivity index (χ1n) is 8.17. The van der Waals surface area contributed by atoms with Crippen molar-refractivity contribution in [2.45, 2.75) is 37.8 Å². The first-order chi connectivity index (χ1) is 11.1. The van der Waals surface area contributed by atoms with Gasteiger partial charge in [-0.3, -0.25) is 0 Å². The van der Waals surface area contributed by atoms with E-state index in [1.807, 2.05) is 0 Å². The fourth-order valence-corrected chi connectivity index (χ4v) is 4.70. The minimum absolute atomic E-state index is 0.183. The maximum Gasteiger partial charge on any atom is 0.319 e. The fraction of sp³-hybridized carbons (Fsp3) is 0.588. The van der Waals surface area contributed by atoms with E-state index in [9.17, 15) is 4.79 Å². The zero-order chi connectivity index (χ0) is 16.0. The molecule has 2 aliphatic carbocycles. The number of carbonyl (C=O) groups excluding carboxylic acids is 1. The van der Waals surface area contributed by atoms with Crippen LogP contribution in [0.4, 0.5) is 10.5 Å². The molecule has 4 rings (SSSR count). The van der Waals surface area contributed by atoms with E-state index < -0.39 is 0 Å². The molecule has 1 aliphatic heterocycles. The second kappa shape index (κ2) is 5.56. The standard InChI is InChI=1S/C17H21ClN2O3/c1-22-10-3-4-13(12(18)9-10)19-16(21)20-14-11-5-8-23-15(11)17(14)6-2-7-17/h3-4,9,11,14-15H,2,5-8H2,1H3,(H2,19,20,21). The number of amides is 2. The van der Waals surface area contributed by atoms with Gasteiger partial charge in [-0.25, -0.2) is 4.79 Å². The Labute approximate surface area is 140 Å². The third-order valence-electron chi connectivity index (χ3n) is 5.75. The topological polar surface area (TPSA) is 59.6 Å². The molecule has 0 radical (unpaired) electrons. The summed E-state index contributed by atoms with van der Waals surface area (Å²) in [5.74, 6) is 1.13. The molecule has 3 aliphatic rings. The van der Waals surface area contributed by atoms with Crippen molar-refractivity contribution in [3.05, 3.63) is 23.2 Å². The lowest BCUT2D eigenvalue weighted by Crippen LogP contribution is -2.72. The van der Waals surface area contributed by atoms with E-state index in [1.54, 1.807) is 25.3 Å². The van der Waals surface area contributed by atoms with Gasteiger partial charge in [-0.1, -0.05) is 18.0 Å². The van der Waals surface area contributed by atoms with Crippen LogP contribution in [0.15, 0.2) is 18.2 Å². The summed E-state index contributed by atoms with van der Waals surface area (Å²) in [5, 5.41) is 6.48. The van der Waals surface area contributed by atoms with Gasteiger partial charge in [0, 0.05) is 30.0 Å². The van der Waals surface area contributed by atoms with Crippen molar-refractivity contribution in [3.8, 4) is 5.75 Å². The summed E-state index contributed by atoms with van der Waals surface area (Å²) in [5.41, 5.74) is 0.772. The van der Waals surface area contributed by atoms with Crippen LogP contribution in [0.3, 0.4) is 0 Å². The predicted molar refractivity (Wildman–Crippen MR) is 88.1 cm³/mol. The quantitative estimate of drug-likeness (QED) is 0.889. The summed E-state index contributed by atoms with van der Waals surface area (Å²) in [7, 11) is 1.58. The van der Waals surface area contributed by atoms with Crippen LogP contribution in [-0.4, -0.2) is 31.9 Å². The molecule has 1 aromatic rings. The molecule has 1 aromatic carbocycles. The normalized spacial score (nSPS) is 30.1. The smallest absolute Gasteiger partial charge is 0.319 e. The van der Waals surface area contributed by atoms with Gasteiger partial charge in [0.25, 0.3) is 0 Å². The summed E-state index contributed by atoms with van der Waals surface area (Å²) in [6.45, 7) is 0.821. The van der Waals surface area contributed by atoms with Gasteiger partial charge in [0.1, 0.15) is 5.75 Å². The Balaban J connectivity index is 1.42.